The molecule has 1 aromatic carbocycles. The van der Waals surface area contributed by atoms with E-state index in [1.54, 1.807) is 0 Å². The Kier molecular flexibility index (Phi) is 3.72. The minimum Gasteiger partial charge on any atom is -0.368 e. The molecule has 0 fully saturated rings. The lowest BCUT2D eigenvalue weighted by atomic mass is 9.99. The second-order valence-corrected chi connectivity index (χ2v) is 5.43. The number of fused-ring (bicyclic) bond motifs is 1. The van der Waals surface area contributed by atoms with E-state index in [1.165, 1.54) is 16.8 Å². The number of aryl methyl sites for hydroxylation is 1. The molecule has 1 atom stereocenters. The molecule has 2 heteroatoms. The number of hydrogen-bond donors (Lipinski definition) is 1. The molecule has 0 radical (unpaired) electrons. The van der Waals surface area contributed by atoms with E-state index in [0.717, 1.165) is 25.9 Å². The Morgan fingerprint density at radius 1 is 1.41 bits per heavy atom. The fourth-order valence-electron chi connectivity index (χ4n) is 2.70. The second-order valence-electron chi connectivity index (χ2n) is 5.43. The van der Waals surface area contributed by atoms with E-state index in [0.29, 0.717) is 12.0 Å². The van der Waals surface area contributed by atoms with Gasteiger partial charge in [-0.1, -0.05) is 19.1 Å². The summed E-state index contributed by atoms with van der Waals surface area (Å²) in [4.78, 5) is 2.51. The summed E-state index contributed by atoms with van der Waals surface area (Å²) in [5.41, 5.74) is 9.96. The first-order valence-corrected chi connectivity index (χ1v) is 6.73. The lowest BCUT2D eigenvalue weighted by Gasteiger charge is -2.24. The van der Waals surface area contributed by atoms with Crippen molar-refractivity contribution in [3.63, 3.8) is 0 Å². The first-order valence-electron chi connectivity index (χ1n) is 6.73. The summed E-state index contributed by atoms with van der Waals surface area (Å²) >= 11 is 0. The minimum absolute atomic E-state index is 0.591. The highest BCUT2D eigenvalue weighted by Gasteiger charge is 2.26. The highest BCUT2D eigenvalue weighted by molar-refractivity contribution is 5.61. The van der Waals surface area contributed by atoms with Gasteiger partial charge in [0.05, 0.1) is 0 Å². The molecule has 0 aromatic heterocycles. The number of benzene rings is 1. The van der Waals surface area contributed by atoms with E-state index < -0.39 is 0 Å². The maximum atomic E-state index is 5.57. The van der Waals surface area contributed by atoms with Gasteiger partial charge in [0.1, 0.15) is 0 Å². The van der Waals surface area contributed by atoms with Crippen LogP contribution in [-0.2, 0) is 6.42 Å². The molecule has 0 aliphatic carbocycles. The standard InChI is InChI=1S/C15H24N2/c1-11(2)17-10-12(3)14-9-13(5-4-8-16)6-7-15(14)17/h6-7,9,11-12H,4-5,8,10,16H2,1-3H3. The van der Waals surface area contributed by atoms with Gasteiger partial charge in [0.15, 0.2) is 0 Å². The van der Waals surface area contributed by atoms with Crippen LogP contribution in [0.4, 0.5) is 5.69 Å². The maximum Gasteiger partial charge on any atom is 0.0404 e. The van der Waals surface area contributed by atoms with Crippen molar-refractivity contribution in [2.75, 3.05) is 18.0 Å². The monoisotopic (exact) mass is 232 g/mol. The van der Waals surface area contributed by atoms with Crippen LogP contribution in [-0.4, -0.2) is 19.1 Å². The highest BCUT2D eigenvalue weighted by atomic mass is 15.2. The molecule has 0 saturated heterocycles. The fourth-order valence-corrected chi connectivity index (χ4v) is 2.70. The number of nitrogens with two attached hydrogens (primary N) is 1. The molecule has 94 valence electrons. The van der Waals surface area contributed by atoms with Crippen LogP contribution in [0.15, 0.2) is 18.2 Å². The van der Waals surface area contributed by atoms with Crippen LogP contribution in [0.2, 0.25) is 0 Å². The smallest absolute Gasteiger partial charge is 0.0404 e. The Morgan fingerprint density at radius 2 is 2.18 bits per heavy atom. The van der Waals surface area contributed by atoms with Crippen LogP contribution in [0.25, 0.3) is 0 Å². The van der Waals surface area contributed by atoms with Crippen molar-refractivity contribution in [1.82, 2.24) is 0 Å². The van der Waals surface area contributed by atoms with Gasteiger partial charge in [-0.05, 0) is 50.4 Å². The summed E-state index contributed by atoms with van der Waals surface area (Å²) in [5, 5.41) is 0. The summed E-state index contributed by atoms with van der Waals surface area (Å²) in [6.07, 6.45) is 2.19. The molecule has 17 heavy (non-hydrogen) atoms. The zero-order valence-electron chi connectivity index (χ0n) is 11.2. The lowest BCUT2D eigenvalue weighted by Crippen LogP contribution is -2.28. The summed E-state index contributed by atoms with van der Waals surface area (Å²) in [6.45, 7) is 8.81. The third-order valence-corrected chi connectivity index (χ3v) is 3.70. The van der Waals surface area contributed by atoms with Gasteiger partial charge in [0.2, 0.25) is 0 Å². The van der Waals surface area contributed by atoms with Crippen LogP contribution in [0.3, 0.4) is 0 Å². The van der Waals surface area contributed by atoms with E-state index in [9.17, 15) is 0 Å². The summed E-state index contributed by atoms with van der Waals surface area (Å²) < 4.78 is 0. The Morgan fingerprint density at radius 3 is 2.82 bits per heavy atom. The molecule has 1 aliphatic heterocycles. The Hall–Kier alpha value is -1.02. The normalized spacial score (nSPS) is 18.9. The number of hydrogen-bond acceptors (Lipinski definition) is 2. The van der Waals surface area contributed by atoms with Crippen LogP contribution in [0, 0.1) is 0 Å². The van der Waals surface area contributed by atoms with E-state index >= 15 is 0 Å². The number of nitrogens with zero attached hydrogens (tertiary/aromatic N) is 1. The van der Waals surface area contributed by atoms with Crippen molar-refractivity contribution < 1.29 is 0 Å². The molecule has 0 amide bonds. The van der Waals surface area contributed by atoms with Gasteiger partial charge >= 0.3 is 0 Å². The molecule has 1 heterocycles. The van der Waals surface area contributed by atoms with Crippen LogP contribution < -0.4 is 10.6 Å². The van der Waals surface area contributed by atoms with Gasteiger partial charge in [-0.15, -0.1) is 0 Å². The van der Waals surface area contributed by atoms with Crippen molar-refractivity contribution >= 4 is 5.69 Å². The van der Waals surface area contributed by atoms with Crippen molar-refractivity contribution in [2.45, 2.75) is 45.6 Å². The first kappa shape index (κ1) is 12.4. The molecule has 0 spiro atoms. The lowest BCUT2D eigenvalue weighted by molar-refractivity contribution is 0.670. The Bertz CT molecular complexity index is 385. The molecule has 1 unspecified atom stereocenters. The maximum absolute atomic E-state index is 5.57. The van der Waals surface area contributed by atoms with E-state index in [4.69, 9.17) is 5.73 Å². The van der Waals surface area contributed by atoms with Crippen molar-refractivity contribution in [2.24, 2.45) is 5.73 Å². The van der Waals surface area contributed by atoms with Gasteiger partial charge in [-0.2, -0.15) is 0 Å². The first-order chi connectivity index (χ1) is 8.13. The third-order valence-electron chi connectivity index (χ3n) is 3.70. The quantitative estimate of drug-likeness (QED) is 0.865. The van der Waals surface area contributed by atoms with Gasteiger partial charge in [-0.3, -0.25) is 0 Å². The molecule has 2 rings (SSSR count). The fraction of sp³-hybridized carbons (Fsp3) is 0.600. The number of rotatable bonds is 4. The Labute approximate surface area is 105 Å². The molecule has 2 N–H and O–H groups in total. The molecular formula is C15H24N2. The summed E-state index contributed by atoms with van der Waals surface area (Å²) in [5.74, 6) is 0.658. The molecule has 1 aliphatic rings. The summed E-state index contributed by atoms with van der Waals surface area (Å²) in [6, 6.07) is 7.54. The largest absolute Gasteiger partial charge is 0.368 e. The van der Waals surface area contributed by atoms with E-state index in [1.807, 2.05) is 0 Å². The van der Waals surface area contributed by atoms with Crippen LogP contribution in [0.5, 0.6) is 0 Å². The van der Waals surface area contributed by atoms with E-state index in [2.05, 4.69) is 43.9 Å². The van der Waals surface area contributed by atoms with Gasteiger partial charge < -0.3 is 10.6 Å². The van der Waals surface area contributed by atoms with Gasteiger partial charge in [0.25, 0.3) is 0 Å². The van der Waals surface area contributed by atoms with E-state index in [-0.39, 0.29) is 0 Å². The van der Waals surface area contributed by atoms with Crippen LogP contribution in [0.1, 0.15) is 44.2 Å². The zero-order valence-corrected chi connectivity index (χ0v) is 11.2. The van der Waals surface area contributed by atoms with Gasteiger partial charge in [0, 0.05) is 24.2 Å². The predicted molar refractivity (Wildman–Crippen MR) is 74.7 cm³/mol. The van der Waals surface area contributed by atoms with Crippen molar-refractivity contribution in [3.8, 4) is 0 Å². The third kappa shape index (κ3) is 2.47. The molecule has 1 aromatic rings. The SMILES string of the molecule is CC1CN(C(C)C)c2ccc(CCCN)cc21. The molecule has 0 saturated carbocycles. The molecule has 2 nitrogen and oxygen atoms in total. The molecule has 0 bridgehead atoms. The molecular weight excluding hydrogens is 208 g/mol. The minimum atomic E-state index is 0.591. The average molecular weight is 232 g/mol. The summed E-state index contributed by atoms with van der Waals surface area (Å²) in [7, 11) is 0. The van der Waals surface area contributed by atoms with Crippen molar-refractivity contribution in [3.05, 3.63) is 29.3 Å². The Balaban J connectivity index is 2.24. The topological polar surface area (TPSA) is 29.3 Å². The zero-order chi connectivity index (χ0) is 12.4. The number of anilines is 1. The second kappa shape index (κ2) is 5.09. The highest BCUT2D eigenvalue weighted by Crippen LogP contribution is 2.37. The van der Waals surface area contributed by atoms with Crippen molar-refractivity contribution in [1.29, 1.82) is 0 Å². The predicted octanol–water partition coefficient (Wildman–Crippen LogP) is 2.91. The average Bonchev–Trinajstić information content (AvgIpc) is 2.64. The van der Waals surface area contributed by atoms with Crippen LogP contribution >= 0.6 is 0 Å². The van der Waals surface area contributed by atoms with Gasteiger partial charge in [-0.25, -0.2) is 0 Å².